The fourth-order valence-electron chi connectivity index (χ4n) is 8.23. The van der Waals surface area contributed by atoms with Crippen molar-refractivity contribution in [1.29, 1.82) is 0 Å². The molecule has 1 radical (unpaired) electrons. The largest absolute Gasteiger partial charge is 0.500 e. The molecule has 1 aliphatic carbocycles. The summed E-state index contributed by atoms with van der Waals surface area (Å²) in [7, 11) is -1.37. The first-order valence-corrected chi connectivity index (χ1v) is 23.1. The zero-order chi connectivity index (χ0) is 38.1. The van der Waals surface area contributed by atoms with Crippen LogP contribution in [0.1, 0.15) is 71.4 Å². The molecule has 0 N–H and O–H groups in total. The Balaban J connectivity index is 0.000000204. The van der Waals surface area contributed by atoms with E-state index in [9.17, 15) is 0 Å². The Morgan fingerprint density at radius 2 is 1.47 bits per heavy atom. The van der Waals surface area contributed by atoms with Gasteiger partial charge in [0, 0.05) is 37.9 Å². The topological polar surface area (TPSA) is 38.9 Å². The van der Waals surface area contributed by atoms with Crippen LogP contribution in [0.3, 0.4) is 0 Å². The average molecular weight is 919 g/mol. The van der Waals surface area contributed by atoms with E-state index >= 15 is 0 Å². The van der Waals surface area contributed by atoms with Crippen LogP contribution in [0.2, 0.25) is 19.6 Å². The Morgan fingerprint density at radius 1 is 0.745 bits per heavy atom. The van der Waals surface area contributed by atoms with Crippen LogP contribution in [0.4, 0.5) is 0 Å². The molecule has 4 aromatic carbocycles. The Morgan fingerprint density at radius 3 is 2.16 bits per heavy atom. The molecule has 0 atom stereocenters. The molecular formula is C50H54IrN2OSi-2. The van der Waals surface area contributed by atoms with Crippen molar-refractivity contribution in [2.75, 3.05) is 0 Å². The van der Waals surface area contributed by atoms with E-state index in [0.29, 0.717) is 0 Å². The van der Waals surface area contributed by atoms with E-state index in [1.807, 2.05) is 36.5 Å². The van der Waals surface area contributed by atoms with E-state index in [1.54, 1.807) is 0 Å². The maximum atomic E-state index is 6.20. The number of hydrogen-bond donors (Lipinski definition) is 0. The smallest absolute Gasteiger partial charge is 0.121 e. The number of fused-ring (bicyclic) bond motifs is 3. The van der Waals surface area contributed by atoms with E-state index in [1.165, 1.54) is 53.1 Å². The van der Waals surface area contributed by atoms with Crippen LogP contribution in [-0.2, 0) is 31.9 Å². The van der Waals surface area contributed by atoms with Gasteiger partial charge in [0.05, 0.1) is 13.7 Å². The number of rotatable bonds is 7. The van der Waals surface area contributed by atoms with Gasteiger partial charge in [-0.1, -0.05) is 133 Å². The summed E-state index contributed by atoms with van der Waals surface area (Å²) in [6.07, 6.45) is 10.5. The molecule has 0 bridgehead atoms. The van der Waals surface area contributed by atoms with Gasteiger partial charge in [-0.3, -0.25) is 0 Å². The van der Waals surface area contributed by atoms with Gasteiger partial charge >= 0.3 is 0 Å². The molecule has 0 unspecified atom stereocenters. The first-order valence-electron chi connectivity index (χ1n) is 19.6. The Hall–Kier alpha value is -4.15. The van der Waals surface area contributed by atoms with Crippen LogP contribution in [0.5, 0.6) is 0 Å². The number of pyridine rings is 2. The van der Waals surface area contributed by atoms with E-state index in [0.717, 1.165) is 56.8 Å². The second-order valence-electron chi connectivity index (χ2n) is 17.9. The molecule has 3 nitrogen and oxygen atoms in total. The summed E-state index contributed by atoms with van der Waals surface area (Å²) in [6.45, 7) is 18.9. The quantitative estimate of drug-likeness (QED) is 0.118. The van der Waals surface area contributed by atoms with Crippen molar-refractivity contribution in [1.82, 2.24) is 9.97 Å². The van der Waals surface area contributed by atoms with Crippen molar-refractivity contribution in [3.8, 4) is 33.6 Å². The van der Waals surface area contributed by atoms with Gasteiger partial charge in [0.2, 0.25) is 0 Å². The predicted octanol–water partition coefficient (Wildman–Crippen LogP) is 13.3. The summed E-state index contributed by atoms with van der Waals surface area (Å²) in [5, 5.41) is 3.74. The van der Waals surface area contributed by atoms with E-state index in [-0.39, 0.29) is 30.9 Å². The Bertz CT molecular complexity index is 2360. The minimum absolute atomic E-state index is 0. The molecule has 0 amide bonds. The van der Waals surface area contributed by atoms with Gasteiger partial charge < -0.3 is 14.4 Å². The fourth-order valence-corrected chi connectivity index (χ4v) is 9.80. The van der Waals surface area contributed by atoms with Gasteiger partial charge in [0.25, 0.3) is 0 Å². The summed E-state index contributed by atoms with van der Waals surface area (Å²) in [5.41, 5.74) is 11.5. The van der Waals surface area contributed by atoms with Crippen LogP contribution >= 0.6 is 0 Å². The van der Waals surface area contributed by atoms with Crippen molar-refractivity contribution >= 4 is 35.2 Å². The van der Waals surface area contributed by atoms with Crippen LogP contribution in [0, 0.1) is 23.5 Å². The van der Waals surface area contributed by atoms with Crippen molar-refractivity contribution in [3.05, 3.63) is 139 Å². The number of nitrogens with zero attached hydrogens (tertiary/aromatic N) is 2. The van der Waals surface area contributed by atoms with Gasteiger partial charge in [-0.05, 0) is 81.4 Å². The number of furan rings is 1. The molecule has 1 aliphatic rings. The monoisotopic (exact) mass is 919 g/mol. The maximum absolute atomic E-state index is 6.20. The summed E-state index contributed by atoms with van der Waals surface area (Å²) in [6, 6.07) is 42.5. The molecule has 1 saturated carbocycles. The second kappa shape index (κ2) is 16.5. The molecule has 55 heavy (non-hydrogen) atoms. The zero-order valence-electron chi connectivity index (χ0n) is 33.7. The minimum Gasteiger partial charge on any atom is -0.500 e. The summed E-state index contributed by atoms with van der Waals surface area (Å²) in [4.78, 5) is 9.45. The molecule has 0 spiro atoms. The van der Waals surface area contributed by atoms with E-state index < -0.39 is 8.07 Å². The third-order valence-electron chi connectivity index (χ3n) is 11.2. The zero-order valence-corrected chi connectivity index (χ0v) is 37.1. The third-order valence-corrected chi connectivity index (χ3v) is 13.2. The molecule has 3 heterocycles. The predicted molar refractivity (Wildman–Crippen MR) is 231 cm³/mol. The van der Waals surface area contributed by atoms with E-state index in [2.05, 4.69) is 145 Å². The number of hydrogen-bond acceptors (Lipinski definition) is 3. The van der Waals surface area contributed by atoms with Gasteiger partial charge in [-0.2, -0.15) is 0 Å². The second-order valence-corrected chi connectivity index (χ2v) is 22.9. The SMILES string of the molecule is CC(C)(C)Cc1cc(-c2[c-]cccc2)ncc1[Si](C)(C)C.CC(C)(c1ccnc(-c2[c-]cc3oc4cccc(-c5ccccc5)c4c3c2)c1)C1CCCC1.[Ir]. The molecule has 7 aromatic rings. The van der Waals surface area contributed by atoms with Crippen molar-refractivity contribution in [3.63, 3.8) is 0 Å². The van der Waals surface area contributed by atoms with Crippen molar-refractivity contribution < 1.29 is 24.5 Å². The van der Waals surface area contributed by atoms with Crippen LogP contribution < -0.4 is 5.19 Å². The standard InChI is InChI=1S/C31H28NO.C19H26NSi.Ir/c1-31(2,23-11-6-7-12-23)24-17-18-32-27(20-24)22-15-16-28-26(19-22)30-25(13-8-14-29(30)33-28)21-9-4-3-5-10-21;1-19(2,3)13-16-12-17(15-10-8-7-9-11-15)20-14-18(16)21(4,5)6;/h3-5,8-10,13-14,16-20,23H,6-7,11-12H2,1-2H3;7-10,12,14H,13H2,1-6H3;/q2*-1;. The van der Waals surface area contributed by atoms with Gasteiger partial charge in [0.1, 0.15) is 5.58 Å². The van der Waals surface area contributed by atoms with Gasteiger partial charge in [0.15, 0.2) is 0 Å². The van der Waals surface area contributed by atoms with Crippen LogP contribution in [-0.4, -0.2) is 18.0 Å². The number of benzene rings is 4. The Labute approximate surface area is 343 Å². The summed E-state index contributed by atoms with van der Waals surface area (Å²) >= 11 is 0. The first-order chi connectivity index (χ1) is 25.8. The molecule has 5 heteroatoms. The maximum Gasteiger partial charge on any atom is 0.121 e. The molecule has 1 fully saturated rings. The third kappa shape index (κ3) is 9.12. The molecule has 0 saturated heterocycles. The van der Waals surface area contributed by atoms with E-state index in [4.69, 9.17) is 14.4 Å². The summed E-state index contributed by atoms with van der Waals surface area (Å²) < 4.78 is 6.20. The summed E-state index contributed by atoms with van der Waals surface area (Å²) in [5.74, 6) is 0.741. The van der Waals surface area contributed by atoms with Gasteiger partial charge in [-0.15, -0.1) is 59.7 Å². The average Bonchev–Trinajstić information content (AvgIpc) is 3.84. The van der Waals surface area contributed by atoms with Crippen LogP contribution in [0.15, 0.2) is 120 Å². The van der Waals surface area contributed by atoms with Gasteiger partial charge in [-0.25, -0.2) is 0 Å². The normalized spacial score (nSPS) is 13.7. The molecule has 0 aliphatic heterocycles. The molecule has 3 aromatic heterocycles. The number of aromatic nitrogens is 2. The Kier molecular flexibility index (Phi) is 12.2. The molecule has 285 valence electrons. The van der Waals surface area contributed by atoms with Crippen LogP contribution in [0.25, 0.3) is 55.6 Å². The molecule has 8 rings (SSSR count). The minimum atomic E-state index is -1.37. The fraction of sp³-hybridized carbons (Fsp3) is 0.320. The molecular weight excluding hydrogens is 865 g/mol. The van der Waals surface area contributed by atoms with Crippen molar-refractivity contribution in [2.45, 2.75) is 91.8 Å². The van der Waals surface area contributed by atoms with Crippen molar-refractivity contribution in [2.24, 2.45) is 11.3 Å². The first kappa shape index (κ1) is 40.5.